The fourth-order valence-corrected chi connectivity index (χ4v) is 2.47. The molecule has 98 valence electrons. The molecule has 2 rings (SSSR count). The van der Waals surface area contributed by atoms with Gasteiger partial charge in [0.25, 0.3) is 0 Å². The quantitative estimate of drug-likeness (QED) is 0.831. The number of carbonyl (C=O) groups is 1. The van der Waals surface area contributed by atoms with Crippen molar-refractivity contribution in [1.82, 2.24) is 0 Å². The number of ether oxygens (including phenoxy) is 1. The summed E-state index contributed by atoms with van der Waals surface area (Å²) < 4.78 is 4.94. The van der Waals surface area contributed by atoms with Crippen molar-refractivity contribution in [3.8, 4) is 0 Å². The monoisotopic (exact) mass is 247 g/mol. The van der Waals surface area contributed by atoms with Crippen LogP contribution >= 0.6 is 0 Å². The third kappa shape index (κ3) is 3.18. The van der Waals surface area contributed by atoms with Crippen LogP contribution in [0.25, 0.3) is 0 Å². The minimum Gasteiger partial charge on any atom is -0.385 e. The SMILES string of the molecule is COCCC(N)C(=O)Cc1ccc2c(c1)CCC2. The summed E-state index contributed by atoms with van der Waals surface area (Å²) in [5, 5.41) is 0. The Hall–Kier alpha value is -1.19. The fraction of sp³-hybridized carbons (Fsp3) is 0.533. The van der Waals surface area contributed by atoms with E-state index in [1.807, 2.05) is 0 Å². The molecule has 0 saturated heterocycles. The zero-order valence-electron chi connectivity index (χ0n) is 10.9. The summed E-state index contributed by atoms with van der Waals surface area (Å²) in [7, 11) is 1.62. The average Bonchev–Trinajstić information content (AvgIpc) is 2.83. The Morgan fingerprint density at radius 1 is 1.39 bits per heavy atom. The molecule has 0 aliphatic heterocycles. The molecule has 0 heterocycles. The van der Waals surface area contributed by atoms with Gasteiger partial charge in [0.2, 0.25) is 0 Å². The summed E-state index contributed by atoms with van der Waals surface area (Å²) in [6.07, 6.45) is 4.60. The highest BCUT2D eigenvalue weighted by atomic mass is 16.5. The van der Waals surface area contributed by atoms with Crippen LogP contribution < -0.4 is 5.73 Å². The van der Waals surface area contributed by atoms with E-state index in [0.29, 0.717) is 19.4 Å². The summed E-state index contributed by atoms with van der Waals surface area (Å²) in [6.45, 7) is 0.539. The third-order valence-electron chi connectivity index (χ3n) is 3.59. The van der Waals surface area contributed by atoms with Crippen molar-refractivity contribution in [2.75, 3.05) is 13.7 Å². The molecule has 1 aliphatic rings. The molecule has 1 aromatic rings. The summed E-state index contributed by atoms with van der Waals surface area (Å²) in [4.78, 5) is 11.9. The Morgan fingerprint density at radius 2 is 2.17 bits per heavy atom. The molecule has 0 amide bonds. The number of hydrogen-bond acceptors (Lipinski definition) is 3. The molecule has 1 atom stereocenters. The number of aryl methyl sites for hydroxylation is 2. The molecule has 2 N–H and O–H groups in total. The zero-order valence-corrected chi connectivity index (χ0v) is 10.9. The smallest absolute Gasteiger partial charge is 0.153 e. The van der Waals surface area contributed by atoms with Crippen molar-refractivity contribution in [2.24, 2.45) is 5.73 Å². The maximum atomic E-state index is 11.9. The lowest BCUT2D eigenvalue weighted by Gasteiger charge is -2.10. The van der Waals surface area contributed by atoms with Gasteiger partial charge in [-0.05, 0) is 42.4 Å². The predicted molar refractivity (Wildman–Crippen MR) is 71.6 cm³/mol. The maximum Gasteiger partial charge on any atom is 0.153 e. The molecular formula is C15H21NO2. The van der Waals surface area contributed by atoms with Crippen LogP contribution in [0.1, 0.15) is 29.5 Å². The van der Waals surface area contributed by atoms with Gasteiger partial charge < -0.3 is 10.5 Å². The summed E-state index contributed by atoms with van der Waals surface area (Å²) in [5.74, 6) is 0.102. The number of fused-ring (bicyclic) bond motifs is 1. The van der Waals surface area contributed by atoms with Gasteiger partial charge in [-0.3, -0.25) is 4.79 Å². The minimum absolute atomic E-state index is 0.102. The average molecular weight is 247 g/mol. The molecule has 1 aromatic carbocycles. The van der Waals surface area contributed by atoms with Crippen molar-refractivity contribution >= 4 is 5.78 Å². The number of nitrogens with two attached hydrogens (primary N) is 1. The predicted octanol–water partition coefficient (Wildman–Crippen LogP) is 1.65. The van der Waals surface area contributed by atoms with Crippen molar-refractivity contribution in [3.05, 3.63) is 34.9 Å². The zero-order chi connectivity index (χ0) is 13.0. The van der Waals surface area contributed by atoms with Gasteiger partial charge in [0.1, 0.15) is 0 Å². The molecule has 1 aliphatic carbocycles. The van der Waals surface area contributed by atoms with E-state index in [0.717, 1.165) is 12.0 Å². The molecule has 0 aromatic heterocycles. The van der Waals surface area contributed by atoms with E-state index in [1.54, 1.807) is 7.11 Å². The van der Waals surface area contributed by atoms with Gasteiger partial charge in [-0.1, -0.05) is 18.2 Å². The lowest BCUT2D eigenvalue weighted by Crippen LogP contribution is -2.32. The van der Waals surface area contributed by atoms with Crippen molar-refractivity contribution in [1.29, 1.82) is 0 Å². The first-order valence-electron chi connectivity index (χ1n) is 6.58. The number of methoxy groups -OCH3 is 1. The van der Waals surface area contributed by atoms with Crippen LogP contribution in [-0.2, 0) is 28.8 Å². The van der Waals surface area contributed by atoms with Crippen LogP contribution in [0.4, 0.5) is 0 Å². The van der Waals surface area contributed by atoms with Gasteiger partial charge in [-0.2, -0.15) is 0 Å². The van der Waals surface area contributed by atoms with Crippen LogP contribution in [0.15, 0.2) is 18.2 Å². The molecule has 3 nitrogen and oxygen atoms in total. The topological polar surface area (TPSA) is 52.3 Å². The van der Waals surface area contributed by atoms with Crippen LogP contribution in [0.3, 0.4) is 0 Å². The van der Waals surface area contributed by atoms with E-state index in [1.165, 1.54) is 24.0 Å². The van der Waals surface area contributed by atoms with Crippen LogP contribution in [-0.4, -0.2) is 25.5 Å². The summed E-state index contributed by atoms with van der Waals surface area (Å²) in [5.41, 5.74) is 9.77. The first kappa shape index (κ1) is 13.2. The van der Waals surface area contributed by atoms with Gasteiger partial charge in [-0.25, -0.2) is 0 Å². The van der Waals surface area contributed by atoms with Crippen LogP contribution in [0, 0.1) is 0 Å². The van der Waals surface area contributed by atoms with E-state index in [-0.39, 0.29) is 5.78 Å². The van der Waals surface area contributed by atoms with Crippen molar-refractivity contribution < 1.29 is 9.53 Å². The van der Waals surface area contributed by atoms with E-state index in [2.05, 4.69) is 18.2 Å². The number of carbonyl (C=O) groups excluding carboxylic acids is 1. The van der Waals surface area contributed by atoms with Crippen molar-refractivity contribution in [2.45, 2.75) is 38.1 Å². The summed E-state index contributed by atoms with van der Waals surface area (Å²) in [6, 6.07) is 5.98. The molecule has 0 fully saturated rings. The molecule has 1 unspecified atom stereocenters. The standard InChI is InChI=1S/C15H21NO2/c1-18-8-7-14(16)15(17)10-11-5-6-12-3-2-4-13(12)9-11/h5-6,9,14H,2-4,7-8,10,16H2,1H3. The van der Waals surface area contributed by atoms with Gasteiger partial charge >= 0.3 is 0 Å². The Balaban J connectivity index is 1.94. The van der Waals surface area contributed by atoms with E-state index in [4.69, 9.17) is 10.5 Å². The van der Waals surface area contributed by atoms with E-state index >= 15 is 0 Å². The third-order valence-corrected chi connectivity index (χ3v) is 3.59. The molecular weight excluding hydrogens is 226 g/mol. The van der Waals surface area contributed by atoms with Gasteiger partial charge in [0.15, 0.2) is 5.78 Å². The molecule has 0 radical (unpaired) electrons. The van der Waals surface area contributed by atoms with Crippen LogP contribution in [0.5, 0.6) is 0 Å². The number of Topliss-reactive ketones (excluding diaryl/α,β-unsaturated/α-hetero) is 1. The molecule has 18 heavy (non-hydrogen) atoms. The second kappa shape index (κ2) is 6.12. The first-order valence-corrected chi connectivity index (χ1v) is 6.58. The molecule has 0 saturated carbocycles. The largest absolute Gasteiger partial charge is 0.385 e. The summed E-state index contributed by atoms with van der Waals surface area (Å²) >= 11 is 0. The highest BCUT2D eigenvalue weighted by molar-refractivity contribution is 5.85. The van der Waals surface area contributed by atoms with Gasteiger partial charge in [0.05, 0.1) is 6.04 Å². The fourth-order valence-electron chi connectivity index (χ4n) is 2.47. The normalized spacial score (nSPS) is 15.4. The lowest BCUT2D eigenvalue weighted by atomic mass is 9.99. The van der Waals surface area contributed by atoms with E-state index < -0.39 is 6.04 Å². The van der Waals surface area contributed by atoms with E-state index in [9.17, 15) is 4.79 Å². The Labute approximate surface area is 108 Å². The van der Waals surface area contributed by atoms with Crippen molar-refractivity contribution in [3.63, 3.8) is 0 Å². The van der Waals surface area contributed by atoms with Gasteiger partial charge in [0, 0.05) is 20.1 Å². The Morgan fingerprint density at radius 3 is 2.94 bits per heavy atom. The van der Waals surface area contributed by atoms with Gasteiger partial charge in [-0.15, -0.1) is 0 Å². The minimum atomic E-state index is -0.404. The highest BCUT2D eigenvalue weighted by Crippen LogP contribution is 2.23. The molecule has 3 heteroatoms. The number of hydrogen-bond donors (Lipinski definition) is 1. The first-order chi connectivity index (χ1) is 8.70. The number of ketones is 1. The number of benzene rings is 1. The lowest BCUT2D eigenvalue weighted by molar-refractivity contribution is -0.120. The number of rotatable bonds is 6. The second-order valence-electron chi connectivity index (χ2n) is 4.99. The Bertz CT molecular complexity index is 429. The van der Waals surface area contributed by atoms with Crippen LogP contribution in [0.2, 0.25) is 0 Å². The Kier molecular flexibility index (Phi) is 4.50. The second-order valence-corrected chi connectivity index (χ2v) is 4.99. The molecule has 0 spiro atoms. The molecule has 0 bridgehead atoms. The highest BCUT2D eigenvalue weighted by Gasteiger charge is 2.16. The maximum absolute atomic E-state index is 11.9.